The highest BCUT2D eigenvalue weighted by molar-refractivity contribution is 9.10. The fourth-order valence-corrected chi connectivity index (χ4v) is 1.84. The molecule has 2 N–H and O–H groups in total. The molecule has 0 aromatic heterocycles. The summed E-state index contributed by atoms with van der Waals surface area (Å²) in [4.78, 5) is 15.1. The Hall–Kier alpha value is -1.43. The Morgan fingerprint density at radius 2 is 2.25 bits per heavy atom. The number of amides is 1. The molecule has 84 valence electrons. The van der Waals surface area contributed by atoms with Crippen molar-refractivity contribution in [1.29, 1.82) is 0 Å². The third-order valence-corrected chi connectivity index (χ3v) is 3.01. The Balaban J connectivity index is 2.45. The van der Waals surface area contributed by atoms with E-state index in [-0.39, 0.29) is 10.5 Å². The first kappa shape index (κ1) is 11.1. The maximum absolute atomic E-state index is 13.1. The highest BCUT2D eigenvalue weighted by Crippen LogP contribution is 2.32. The minimum Gasteiger partial charge on any atom is -0.444 e. The van der Waals surface area contributed by atoms with E-state index < -0.39 is 17.3 Å². The quantitative estimate of drug-likeness (QED) is 0.854. The van der Waals surface area contributed by atoms with Crippen LogP contribution in [0.5, 0.6) is 0 Å². The van der Waals surface area contributed by atoms with Gasteiger partial charge in [-0.15, -0.1) is 0 Å². The van der Waals surface area contributed by atoms with Crippen LogP contribution in [0.4, 0.5) is 4.39 Å². The molecule has 1 atom stereocenters. The van der Waals surface area contributed by atoms with Crippen molar-refractivity contribution in [3.05, 3.63) is 34.1 Å². The summed E-state index contributed by atoms with van der Waals surface area (Å²) in [6, 6.07) is 4.01. The molecule has 4 nitrogen and oxygen atoms in total. The van der Waals surface area contributed by atoms with Crippen molar-refractivity contribution in [3.8, 4) is 0 Å². The van der Waals surface area contributed by atoms with Gasteiger partial charge in [-0.2, -0.15) is 4.99 Å². The van der Waals surface area contributed by atoms with Crippen LogP contribution in [0.2, 0.25) is 0 Å². The topological polar surface area (TPSA) is 64.7 Å². The Kier molecular flexibility index (Phi) is 2.46. The molecule has 1 aromatic rings. The number of nitrogens with zero attached hydrogens (tertiary/aromatic N) is 1. The summed E-state index contributed by atoms with van der Waals surface area (Å²) in [5.74, 6) is -0.907. The summed E-state index contributed by atoms with van der Waals surface area (Å²) in [6.45, 7) is 1.54. The van der Waals surface area contributed by atoms with Crippen LogP contribution in [0.15, 0.2) is 27.7 Å². The number of ether oxygens (including phenoxy) is 1. The molecular formula is C10H8BrFN2O2. The lowest BCUT2D eigenvalue weighted by Gasteiger charge is -2.21. The van der Waals surface area contributed by atoms with Crippen LogP contribution in [0.1, 0.15) is 12.5 Å². The predicted molar refractivity (Wildman–Crippen MR) is 59.2 cm³/mol. The zero-order valence-electron chi connectivity index (χ0n) is 8.33. The number of benzene rings is 1. The van der Waals surface area contributed by atoms with Crippen LogP contribution in [0.25, 0.3) is 0 Å². The molecule has 16 heavy (non-hydrogen) atoms. The van der Waals surface area contributed by atoms with E-state index in [1.54, 1.807) is 6.92 Å². The molecule has 1 aliphatic heterocycles. The Morgan fingerprint density at radius 3 is 2.75 bits per heavy atom. The van der Waals surface area contributed by atoms with E-state index in [4.69, 9.17) is 10.5 Å². The number of hydrogen-bond donors (Lipinski definition) is 1. The molecule has 1 unspecified atom stereocenters. The summed E-state index contributed by atoms with van der Waals surface area (Å²) >= 11 is 3.04. The van der Waals surface area contributed by atoms with Gasteiger partial charge in [0, 0.05) is 5.56 Å². The Morgan fingerprint density at radius 1 is 1.56 bits per heavy atom. The van der Waals surface area contributed by atoms with Gasteiger partial charge in [0.15, 0.2) is 0 Å². The summed E-state index contributed by atoms with van der Waals surface area (Å²) in [5.41, 5.74) is 4.56. The number of amidine groups is 1. The number of carbonyl (C=O) groups is 1. The maximum atomic E-state index is 13.1. The largest absolute Gasteiger partial charge is 0.444 e. The van der Waals surface area contributed by atoms with Gasteiger partial charge in [-0.3, -0.25) is 4.79 Å². The summed E-state index contributed by atoms with van der Waals surface area (Å²) in [6.07, 6.45) is 0. The molecule has 1 heterocycles. The second-order valence-corrected chi connectivity index (χ2v) is 4.37. The zero-order chi connectivity index (χ0) is 11.9. The van der Waals surface area contributed by atoms with Gasteiger partial charge >= 0.3 is 0 Å². The van der Waals surface area contributed by atoms with Crippen molar-refractivity contribution in [2.45, 2.75) is 12.5 Å². The Labute approximate surface area is 99.4 Å². The van der Waals surface area contributed by atoms with Crippen LogP contribution in [0.3, 0.4) is 0 Å². The third kappa shape index (κ3) is 1.59. The number of carbonyl (C=O) groups excluding carboxylic acids is 1. The number of hydrogen-bond acceptors (Lipinski definition) is 3. The fraction of sp³-hybridized carbons (Fsp3) is 0.200. The molecule has 1 aliphatic rings. The molecule has 0 saturated carbocycles. The van der Waals surface area contributed by atoms with Gasteiger partial charge in [0.1, 0.15) is 5.82 Å². The molecule has 0 saturated heterocycles. The molecule has 0 fully saturated rings. The van der Waals surface area contributed by atoms with Crippen molar-refractivity contribution in [3.63, 3.8) is 0 Å². The van der Waals surface area contributed by atoms with Gasteiger partial charge in [0.05, 0.1) is 4.47 Å². The molecule has 1 amide bonds. The number of aliphatic imine (C=N–C) groups is 1. The van der Waals surface area contributed by atoms with Crippen molar-refractivity contribution in [2.24, 2.45) is 10.7 Å². The predicted octanol–water partition coefficient (Wildman–Crippen LogP) is 1.67. The van der Waals surface area contributed by atoms with Crippen molar-refractivity contribution < 1.29 is 13.9 Å². The molecular weight excluding hydrogens is 279 g/mol. The van der Waals surface area contributed by atoms with Gasteiger partial charge in [0.25, 0.3) is 11.9 Å². The second-order valence-electron chi connectivity index (χ2n) is 3.52. The highest BCUT2D eigenvalue weighted by atomic mass is 79.9. The fourth-order valence-electron chi connectivity index (χ4n) is 1.46. The van der Waals surface area contributed by atoms with E-state index in [0.717, 1.165) is 0 Å². The first-order chi connectivity index (χ1) is 7.43. The normalized spacial score (nSPS) is 24.2. The monoisotopic (exact) mass is 286 g/mol. The van der Waals surface area contributed by atoms with E-state index >= 15 is 0 Å². The Bertz CT molecular complexity index is 504. The van der Waals surface area contributed by atoms with E-state index in [1.165, 1.54) is 18.2 Å². The molecule has 1 aromatic carbocycles. The van der Waals surface area contributed by atoms with Gasteiger partial charge in [-0.1, -0.05) is 6.07 Å². The number of halogens is 2. The average Bonchev–Trinajstić information content (AvgIpc) is 2.46. The summed E-state index contributed by atoms with van der Waals surface area (Å²) in [5, 5.41) is 0. The van der Waals surface area contributed by atoms with E-state index in [9.17, 15) is 9.18 Å². The maximum Gasteiger partial charge on any atom is 0.298 e. The molecule has 0 spiro atoms. The van der Waals surface area contributed by atoms with Crippen LogP contribution in [-0.2, 0) is 15.1 Å². The number of rotatable bonds is 1. The molecule has 0 radical (unpaired) electrons. The van der Waals surface area contributed by atoms with Crippen LogP contribution in [0, 0.1) is 5.82 Å². The lowest BCUT2D eigenvalue weighted by atomic mass is 9.95. The van der Waals surface area contributed by atoms with Gasteiger partial charge < -0.3 is 10.5 Å². The smallest absolute Gasteiger partial charge is 0.298 e. The van der Waals surface area contributed by atoms with E-state index in [1.807, 2.05) is 0 Å². The SMILES string of the molecule is CC1(c2ccc(F)c(Br)c2)OC(N)=NC1=O. The first-order valence-corrected chi connectivity index (χ1v) is 5.26. The second kappa shape index (κ2) is 3.55. The number of nitrogens with two attached hydrogens (primary N) is 1. The van der Waals surface area contributed by atoms with E-state index in [0.29, 0.717) is 5.56 Å². The first-order valence-electron chi connectivity index (χ1n) is 4.46. The zero-order valence-corrected chi connectivity index (χ0v) is 9.92. The minimum absolute atomic E-state index is 0.173. The average molecular weight is 287 g/mol. The summed E-state index contributed by atoms with van der Waals surface area (Å²) < 4.78 is 18.5. The van der Waals surface area contributed by atoms with Crippen LogP contribution in [-0.4, -0.2) is 11.9 Å². The van der Waals surface area contributed by atoms with Crippen LogP contribution >= 0.6 is 15.9 Å². The molecule has 0 aliphatic carbocycles. The summed E-state index contributed by atoms with van der Waals surface area (Å²) in [7, 11) is 0. The molecule has 2 rings (SSSR count). The van der Waals surface area contributed by atoms with Crippen molar-refractivity contribution >= 4 is 27.9 Å². The molecule has 0 bridgehead atoms. The highest BCUT2D eigenvalue weighted by Gasteiger charge is 2.43. The van der Waals surface area contributed by atoms with E-state index in [2.05, 4.69) is 20.9 Å². The minimum atomic E-state index is -1.26. The van der Waals surface area contributed by atoms with Crippen LogP contribution < -0.4 is 5.73 Å². The van der Waals surface area contributed by atoms with Crippen molar-refractivity contribution in [1.82, 2.24) is 0 Å². The standard InChI is InChI=1S/C10H8BrFN2O2/c1-10(8(15)14-9(13)16-10)5-2-3-7(12)6(11)4-5/h2-4H,1H3,(H2,13,14,15). The van der Waals surface area contributed by atoms with Gasteiger partial charge in [-0.25, -0.2) is 4.39 Å². The van der Waals surface area contributed by atoms with Crippen molar-refractivity contribution in [2.75, 3.05) is 0 Å². The molecule has 6 heteroatoms. The van der Waals surface area contributed by atoms with Gasteiger partial charge in [0.2, 0.25) is 5.60 Å². The third-order valence-electron chi connectivity index (χ3n) is 2.40. The lowest BCUT2D eigenvalue weighted by molar-refractivity contribution is -0.130. The van der Waals surface area contributed by atoms with Gasteiger partial charge in [-0.05, 0) is 35.0 Å². The lowest BCUT2D eigenvalue weighted by Crippen LogP contribution is -2.32.